The molecule has 3 aromatic rings. The molecule has 0 radical (unpaired) electrons. The maximum absolute atomic E-state index is 5.98. The first-order valence-corrected chi connectivity index (χ1v) is 6.81. The molecule has 0 saturated carbocycles. The first-order chi connectivity index (χ1) is 9.67. The van der Waals surface area contributed by atoms with E-state index in [0.29, 0.717) is 16.7 Å². The minimum Gasteiger partial charge on any atom is -0.497 e. The lowest BCUT2D eigenvalue weighted by atomic mass is 10.3. The number of anilines is 2. The van der Waals surface area contributed by atoms with E-state index in [1.165, 1.54) is 6.33 Å². The van der Waals surface area contributed by atoms with Crippen LogP contribution in [0, 0.1) is 0 Å². The molecule has 3 rings (SSSR count). The lowest BCUT2D eigenvalue weighted by molar-refractivity contribution is 0.415. The number of methoxy groups -OCH3 is 1. The summed E-state index contributed by atoms with van der Waals surface area (Å²) in [4.78, 5) is 8.09. The fourth-order valence-corrected chi connectivity index (χ4v) is 2.26. The van der Waals surface area contributed by atoms with Gasteiger partial charge < -0.3 is 10.1 Å². The molecular weight excluding hydrogens is 346 g/mol. The van der Waals surface area contributed by atoms with E-state index in [0.717, 1.165) is 15.9 Å². The zero-order valence-corrected chi connectivity index (χ0v) is 12.7. The molecule has 0 fully saturated rings. The first kappa shape index (κ1) is 13.1. The number of hydrogen-bond acceptors (Lipinski definition) is 5. The van der Waals surface area contributed by atoms with E-state index in [2.05, 4.69) is 36.3 Å². The van der Waals surface area contributed by atoms with Crippen molar-refractivity contribution < 1.29 is 4.74 Å². The van der Waals surface area contributed by atoms with Crippen LogP contribution in [0.15, 0.2) is 35.1 Å². The van der Waals surface area contributed by atoms with Crippen molar-refractivity contribution in [1.29, 1.82) is 0 Å². The van der Waals surface area contributed by atoms with Crippen molar-refractivity contribution >= 4 is 44.8 Å². The SMILES string of the molecule is COc1ccc(Br)c(Nc2cc(Cl)nc3ncnn23)c1. The second kappa shape index (κ2) is 5.26. The Hall–Kier alpha value is -1.86. The second-order valence-corrected chi connectivity index (χ2v) is 5.15. The highest BCUT2D eigenvalue weighted by molar-refractivity contribution is 9.10. The minimum atomic E-state index is 0.340. The summed E-state index contributed by atoms with van der Waals surface area (Å²) >= 11 is 9.46. The Morgan fingerprint density at radius 3 is 3.00 bits per heavy atom. The Balaban J connectivity index is 2.07. The smallest absolute Gasteiger partial charge is 0.255 e. The van der Waals surface area contributed by atoms with Gasteiger partial charge in [0.1, 0.15) is 23.0 Å². The van der Waals surface area contributed by atoms with Crippen molar-refractivity contribution in [3.8, 4) is 5.75 Å². The monoisotopic (exact) mass is 353 g/mol. The molecule has 6 nitrogen and oxygen atoms in total. The highest BCUT2D eigenvalue weighted by Crippen LogP contribution is 2.30. The number of nitrogens with one attached hydrogen (secondary N) is 1. The number of ether oxygens (including phenoxy) is 1. The van der Waals surface area contributed by atoms with Crippen molar-refractivity contribution in [1.82, 2.24) is 19.6 Å². The van der Waals surface area contributed by atoms with Gasteiger partial charge in [0.2, 0.25) is 0 Å². The van der Waals surface area contributed by atoms with Crippen molar-refractivity contribution in [3.05, 3.63) is 40.2 Å². The van der Waals surface area contributed by atoms with E-state index in [9.17, 15) is 0 Å². The van der Waals surface area contributed by atoms with Gasteiger partial charge in [0.05, 0.1) is 12.8 Å². The molecule has 2 aromatic heterocycles. The predicted octanol–water partition coefficient (Wildman–Crippen LogP) is 3.29. The summed E-state index contributed by atoms with van der Waals surface area (Å²) in [6, 6.07) is 7.29. The molecule has 102 valence electrons. The van der Waals surface area contributed by atoms with E-state index in [-0.39, 0.29) is 0 Å². The van der Waals surface area contributed by atoms with Crippen LogP contribution in [0.3, 0.4) is 0 Å². The summed E-state index contributed by atoms with van der Waals surface area (Å²) in [6.45, 7) is 0. The molecule has 8 heteroatoms. The van der Waals surface area contributed by atoms with Gasteiger partial charge in [-0.25, -0.2) is 0 Å². The van der Waals surface area contributed by atoms with Gasteiger partial charge in [-0.3, -0.25) is 0 Å². The fourth-order valence-electron chi connectivity index (χ4n) is 1.74. The second-order valence-electron chi connectivity index (χ2n) is 3.91. The zero-order chi connectivity index (χ0) is 14.1. The molecule has 20 heavy (non-hydrogen) atoms. The number of nitrogens with zero attached hydrogens (tertiary/aromatic N) is 4. The standard InChI is InChI=1S/C12H9BrClN5O/c1-20-7-2-3-8(13)9(4-7)17-11-5-10(14)18-12-15-6-16-19(11)12/h2-6,17H,1H3. The van der Waals surface area contributed by atoms with E-state index in [4.69, 9.17) is 16.3 Å². The van der Waals surface area contributed by atoms with Gasteiger partial charge in [-0.15, -0.1) is 0 Å². The lowest BCUT2D eigenvalue weighted by Crippen LogP contribution is -2.02. The summed E-state index contributed by atoms with van der Waals surface area (Å²) in [5.74, 6) is 1.83. The molecule has 0 aliphatic heterocycles. The number of benzene rings is 1. The average molecular weight is 355 g/mol. The van der Waals surface area contributed by atoms with Crippen LogP contribution in [0.1, 0.15) is 0 Å². The van der Waals surface area contributed by atoms with Gasteiger partial charge in [0, 0.05) is 16.6 Å². The van der Waals surface area contributed by atoms with Crippen molar-refractivity contribution in [2.75, 3.05) is 12.4 Å². The Morgan fingerprint density at radius 1 is 1.35 bits per heavy atom. The highest BCUT2D eigenvalue weighted by Gasteiger charge is 2.09. The molecule has 0 saturated heterocycles. The van der Waals surface area contributed by atoms with E-state index in [1.54, 1.807) is 17.7 Å². The van der Waals surface area contributed by atoms with Gasteiger partial charge in [-0.1, -0.05) is 11.6 Å². The largest absolute Gasteiger partial charge is 0.497 e. The molecule has 0 atom stereocenters. The van der Waals surface area contributed by atoms with Crippen LogP contribution in [0.5, 0.6) is 5.75 Å². The van der Waals surface area contributed by atoms with Crippen LogP contribution in [-0.4, -0.2) is 26.7 Å². The third-order valence-corrected chi connectivity index (χ3v) is 3.54. The Morgan fingerprint density at radius 2 is 2.20 bits per heavy atom. The van der Waals surface area contributed by atoms with Crippen molar-refractivity contribution in [2.45, 2.75) is 0 Å². The van der Waals surface area contributed by atoms with Crippen LogP contribution in [0.2, 0.25) is 5.15 Å². The van der Waals surface area contributed by atoms with E-state index < -0.39 is 0 Å². The summed E-state index contributed by atoms with van der Waals surface area (Å²) in [6.07, 6.45) is 1.42. The van der Waals surface area contributed by atoms with Crippen LogP contribution in [0.4, 0.5) is 11.5 Å². The van der Waals surface area contributed by atoms with Crippen LogP contribution >= 0.6 is 27.5 Å². The predicted molar refractivity (Wildman–Crippen MR) is 79.8 cm³/mol. The Labute approximate surface area is 127 Å². The van der Waals surface area contributed by atoms with Crippen LogP contribution in [0.25, 0.3) is 5.78 Å². The number of halogens is 2. The van der Waals surface area contributed by atoms with Gasteiger partial charge in [0.15, 0.2) is 0 Å². The highest BCUT2D eigenvalue weighted by atomic mass is 79.9. The summed E-state index contributed by atoms with van der Waals surface area (Å²) in [5.41, 5.74) is 0.823. The molecule has 1 N–H and O–H groups in total. The molecule has 0 spiro atoms. The molecular formula is C12H9BrClN5O. The zero-order valence-electron chi connectivity index (χ0n) is 10.3. The summed E-state index contributed by atoms with van der Waals surface area (Å²) in [5, 5.41) is 7.67. The fraction of sp³-hybridized carbons (Fsp3) is 0.0833. The van der Waals surface area contributed by atoms with Gasteiger partial charge in [-0.2, -0.15) is 19.6 Å². The third kappa shape index (κ3) is 2.41. The number of fused-ring (bicyclic) bond motifs is 1. The van der Waals surface area contributed by atoms with Crippen molar-refractivity contribution in [3.63, 3.8) is 0 Å². The summed E-state index contributed by atoms with van der Waals surface area (Å²) < 4.78 is 7.67. The molecule has 1 aromatic carbocycles. The third-order valence-electron chi connectivity index (χ3n) is 2.66. The Bertz CT molecular complexity index is 776. The van der Waals surface area contributed by atoms with Crippen molar-refractivity contribution in [2.24, 2.45) is 0 Å². The normalized spacial score (nSPS) is 10.8. The van der Waals surface area contributed by atoms with E-state index >= 15 is 0 Å². The number of rotatable bonds is 3. The molecule has 0 amide bonds. The lowest BCUT2D eigenvalue weighted by Gasteiger charge is -2.11. The minimum absolute atomic E-state index is 0.340. The maximum Gasteiger partial charge on any atom is 0.255 e. The first-order valence-electron chi connectivity index (χ1n) is 5.64. The molecule has 0 aliphatic rings. The molecule has 0 aliphatic carbocycles. The maximum atomic E-state index is 5.98. The summed E-state index contributed by atoms with van der Waals surface area (Å²) in [7, 11) is 1.62. The number of hydrogen-bond donors (Lipinski definition) is 1. The average Bonchev–Trinajstić information content (AvgIpc) is 2.89. The van der Waals surface area contributed by atoms with Gasteiger partial charge >= 0.3 is 0 Å². The quantitative estimate of drug-likeness (QED) is 0.731. The Kier molecular flexibility index (Phi) is 3.45. The molecule has 0 bridgehead atoms. The van der Waals surface area contributed by atoms with Gasteiger partial charge in [-0.05, 0) is 28.1 Å². The molecule has 0 unspecified atom stereocenters. The van der Waals surface area contributed by atoms with Gasteiger partial charge in [0.25, 0.3) is 5.78 Å². The van der Waals surface area contributed by atoms with Crippen LogP contribution < -0.4 is 10.1 Å². The van der Waals surface area contributed by atoms with E-state index in [1.807, 2.05) is 18.2 Å². The number of aromatic nitrogens is 4. The van der Waals surface area contributed by atoms with Crippen LogP contribution in [-0.2, 0) is 0 Å². The topological polar surface area (TPSA) is 64.3 Å². The molecule has 2 heterocycles.